The number of rotatable bonds is 9. The molecule has 124 valence electrons. The Morgan fingerprint density at radius 2 is 1.87 bits per heavy atom. The number of amides is 1. The van der Waals surface area contributed by atoms with E-state index in [2.05, 4.69) is 35.6 Å². The van der Waals surface area contributed by atoms with Gasteiger partial charge < -0.3 is 14.8 Å². The molecular weight excluding hydrogens is 290 g/mol. The number of benzene rings is 2. The summed E-state index contributed by atoms with van der Waals surface area (Å²) < 4.78 is 10.2. The fourth-order valence-corrected chi connectivity index (χ4v) is 2.53. The second-order valence-corrected chi connectivity index (χ2v) is 5.71. The summed E-state index contributed by atoms with van der Waals surface area (Å²) in [6.07, 6.45) is 1.20. The first-order valence-corrected chi connectivity index (χ1v) is 8.03. The van der Waals surface area contributed by atoms with Gasteiger partial charge in [-0.15, -0.1) is 0 Å². The number of fused-ring (bicyclic) bond motifs is 1. The van der Waals surface area contributed by atoms with Gasteiger partial charge in [-0.05, 0) is 29.7 Å². The summed E-state index contributed by atoms with van der Waals surface area (Å²) in [5.74, 6) is 0.0238. The minimum absolute atomic E-state index is 0.0238. The zero-order chi connectivity index (χ0) is 16.5. The van der Waals surface area contributed by atoms with Crippen LogP contribution in [0.4, 0.5) is 0 Å². The normalized spacial score (nSPS) is 12.3. The number of ether oxygens (including phenoxy) is 2. The predicted molar refractivity (Wildman–Crippen MR) is 92.6 cm³/mol. The van der Waals surface area contributed by atoms with Crippen molar-refractivity contribution in [1.82, 2.24) is 5.32 Å². The van der Waals surface area contributed by atoms with E-state index in [0.29, 0.717) is 26.2 Å². The van der Waals surface area contributed by atoms with Gasteiger partial charge >= 0.3 is 0 Å². The fraction of sp³-hybridized carbons (Fsp3) is 0.421. The van der Waals surface area contributed by atoms with E-state index >= 15 is 0 Å². The van der Waals surface area contributed by atoms with E-state index in [1.807, 2.05) is 19.1 Å². The average Bonchev–Trinajstić information content (AvgIpc) is 2.54. The highest BCUT2D eigenvalue weighted by Crippen LogP contribution is 2.16. The third-order valence-electron chi connectivity index (χ3n) is 3.67. The largest absolute Gasteiger partial charge is 0.382 e. The maximum atomic E-state index is 11.9. The van der Waals surface area contributed by atoms with E-state index in [-0.39, 0.29) is 11.9 Å². The highest BCUT2D eigenvalue weighted by Gasteiger charge is 2.08. The van der Waals surface area contributed by atoms with Gasteiger partial charge in [-0.3, -0.25) is 4.79 Å². The molecule has 0 bridgehead atoms. The Labute approximate surface area is 137 Å². The molecule has 2 rings (SSSR count). The summed E-state index contributed by atoms with van der Waals surface area (Å²) in [6, 6.07) is 14.8. The molecule has 1 N–H and O–H groups in total. The summed E-state index contributed by atoms with van der Waals surface area (Å²) in [5, 5.41) is 5.49. The van der Waals surface area contributed by atoms with Crippen LogP contribution in [0.15, 0.2) is 42.5 Å². The number of methoxy groups -OCH3 is 1. The smallest absolute Gasteiger partial charge is 0.222 e. The first-order valence-electron chi connectivity index (χ1n) is 8.03. The summed E-state index contributed by atoms with van der Waals surface area (Å²) in [4.78, 5) is 11.9. The molecular formula is C19H25NO3. The molecule has 1 amide bonds. The molecule has 0 aliphatic heterocycles. The lowest BCUT2D eigenvalue weighted by Crippen LogP contribution is -2.34. The molecule has 1 atom stereocenters. The molecule has 0 radical (unpaired) electrons. The van der Waals surface area contributed by atoms with Crippen molar-refractivity contribution in [3.63, 3.8) is 0 Å². The number of carbonyl (C=O) groups excluding carboxylic acids is 1. The van der Waals surface area contributed by atoms with E-state index in [4.69, 9.17) is 9.47 Å². The van der Waals surface area contributed by atoms with Crippen LogP contribution in [0.3, 0.4) is 0 Å². The van der Waals surface area contributed by atoms with Crippen LogP contribution in [0.25, 0.3) is 10.8 Å². The molecule has 0 saturated heterocycles. The zero-order valence-corrected chi connectivity index (χ0v) is 13.9. The number of hydrogen-bond donors (Lipinski definition) is 1. The Balaban J connectivity index is 1.76. The topological polar surface area (TPSA) is 47.6 Å². The van der Waals surface area contributed by atoms with Gasteiger partial charge in [-0.1, -0.05) is 42.5 Å². The van der Waals surface area contributed by atoms with Crippen LogP contribution < -0.4 is 5.32 Å². The Bertz CT molecular complexity index is 627. The van der Waals surface area contributed by atoms with Crippen LogP contribution >= 0.6 is 0 Å². The molecule has 0 spiro atoms. The summed E-state index contributed by atoms with van der Waals surface area (Å²) in [7, 11) is 1.63. The van der Waals surface area contributed by atoms with E-state index < -0.39 is 0 Å². The summed E-state index contributed by atoms with van der Waals surface area (Å²) in [5.41, 5.74) is 1.23. The van der Waals surface area contributed by atoms with Crippen molar-refractivity contribution in [2.45, 2.75) is 25.8 Å². The molecule has 0 aliphatic rings. The Hall–Kier alpha value is -1.91. The van der Waals surface area contributed by atoms with Crippen molar-refractivity contribution in [1.29, 1.82) is 0 Å². The van der Waals surface area contributed by atoms with E-state index in [0.717, 1.165) is 6.42 Å². The van der Waals surface area contributed by atoms with Crippen molar-refractivity contribution >= 4 is 16.7 Å². The van der Waals surface area contributed by atoms with Gasteiger partial charge in [0.25, 0.3) is 0 Å². The Kier molecular flexibility index (Phi) is 7.04. The minimum Gasteiger partial charge on any atom is -0.382 e. The van der Waals surface area contributed by atoms with Crippen LogP contribution in [0, 0.1) is 0 Å². The molecule has 0 saturated carbocycles. The lowest BCUT2D eigenvalue weighted by atomic mass is 10.0. The van der Waals surface area contributed by atoms with Crippen molar-refractivity contribution in [3.05, 3.63) is 48.0 Å². The molecule has 23 heavy (non-hydrogen) atoms. The van der Waals surface area contributed by atoms with E-state index in [1.54, 1.807) is 7.11 Å². The zero-order valence-electron chi connectivity index (χ0n) is 13.9. The molecule has 0 aromatic heterocycles. The molecule has 2 aromatic rings. The van der Waals surface area contributed by atoms with Gasteiger partial charge in [0.15, 0.2) is 0 Å². The maximum absolute atomic E-state index is 11.9. The highest BCUT2D eigenvalue weighted by molar-refractivity contribution is 5.83. The SMILES string of the molecule is COCCOCCC(=O)NC(C)Cc1ccc2ccccc2c1. The van der Waals surface area contributed by atoms with Crippen LogP contribution in [-0.2, 0) is 20.7 Å². The van der Waals surface area contributed by atoms with Gasteiger partial charge in [-0.25, -0.2) is 0 Å². The van der Waals surface area contributed by atoms with Gasteiger partial charge in [0, 0.05) is 19.6 Å². The predicted octanol–water partition coefficient (Wildman–Crippen LogP) is 2.94. The Morgan fingerprint density at radius 3 is 2.65 bits per heavy atom. The summed E-state index contributed by atoms with van der Waals surface area (Å²) >= 11 is 0. The summed E-state index contributed by atoms with van der Waals surface area (Å²) in [6.45, 7) is 3.53. The first kappa shape index (κ1) is 17.4. The molecule has 0 fully saturated rings. The first-order chi connectivity index (χ1) is 11.2. The van der Waals surface area contributed by atoms with Crippen molar-refractivity contribution in [2.24, 2.45) is 0 Å². The molecule has 1 unspecified atom stereocenters. The van der Waals surface area contributed by atoms with Gasteiger partial charge in [-0.2, -0.15) is 0 Å². The van der Waals surface area contributed by atoms with Crippen molar-refractivity contribution in [3.8, 4) is 0 Å². The molecule has 4 heteroatoms. The number of nitrogens with one attached hydrogen (secondary N) is 1. The molecule has 0 aliphatic carbocycles. The molecule has 2 aromatic carbocycles. The van der Waals surface area contributed by atoms with Crippen LogP contribution in [0.5, 0.6) is 0 Å². The second kappa shape index (κ2) is 9.28. The number of hydrogen-bond acceptors (Lipinski definition) is 3. The standard InChI is InChI=1S/C19H25NO3/c1-15(20-19(21)9-10-23-12-11-22-2)13-16-7-8-17-5-3-4-6-18(17)14-16/h3-8,14-15H,9-13H2,1-2H3,(H,20,21). The quantitative estimate of drug-likeness (QED) is 0.724. The average molecular weight is 315 g/mol. The number of carbonyl (C=O) groups is 1. The van der Waals surface area contributed by atoms with Gasteiger partial charge in [0.05, 0.1) is 19.8 Å². The molecule has 4 nitrogen and oxygen atoms in total. The van der Waals surface area contributed by atoms with Crippen LogP contribution in [0.1, 0.15) is 18.9 Å². The van der Waals surface area contributed by atoms with Crippen LogP contribution in [0.2, 0.25) is 0 Å². The van der Waals surface area contributed by atoms with Crippen molar-refractivity contribution in [2.75, 3.05) is 26.9 Å². The Morgan fingerprint density at radius 1 is 1.09 bits per heavy atom. The van der Waals surface area contributed by atoms with Gasteiger partial charge in [0.2, 0.25) is 5.91 Å². The highest BCUT2D eigenvalue weighted by atomic mass is 16.5. The lowest BCUT2D eigenvalue weighted by molar-refractivity contribution is -0.122. The minimum atomic E-state index is 0.0238. The van der Waals surface area contributed by atoms with Crippen molar-refractivity contribution < 1.29 is 14.3 Å². The van der Waals surface area contributed by atoms with Crippen LogP contribution in [-0.4, -0.2) is 38.9 Å². The maximum Gasteiger partial charge on any atom is 0.222 e. The van der Waals surface area contributed by atoms with E-state index in [1.165, 1.54) is 16.3 Å². The van der Waals surface area contributed by atoms with E-state index in [9.17, 15) is 4.79 Å². The lowest BCUT2D eigenvalue weighted by Gasteiger charge is -2.14. The van der Waals surface area contributed by atoms with Gasteiger partial charge in [0.1, 0.15) is 0 Å². The fourth-order valence-electron chi connectivity index (χ4n) is 2.53. The monoisotopic (exact) mass is 315 g/mol. The third-order valence-corrected chi connectivity index (χ3v) is 3.67. The second-order valence-electron chi connectivity index (χ2n) is 5.71. The molecule has 0 heterocycles. The third kappa shape index (κ3) is 6.00.